The normalized spacial score (nSPS) is 20.0. The zero-order valence-corrected chi connectivity index (χ0v) is 16.0. The van der Waals surface area contributed by atoms with Crippen molar-refractivity contribution in [1.29, 1.82) is 5.26 Å². The number of nitrogens with one attached hydrogen (secondary N) is 1. The minimum atomic E-state index is -1.16. The average Bonchev–Trinajstić information content (AvgIpc) is 2.75. The van der Waals surface area contributed by atoms with Gasteiger partial charge in [-0.2, -0.15) is 5.26 Å². The first-order chi connectivity index (χ1) is 14.0. The third kappa shape index (κ3) is 4.26. The Morgan fingerprint density at radius 1 is 1.38 bits per heavy atom. The summed E-state index contributed by atoms with van der Waals surface area (Å²) in [4.78, 5) is 34.8. The molecule has 0 aliphatic carbocycles. The fraction of sp³-hybridized carbons (Fsp3) is 0.421. The fourth-order valence-electron chi connectivity index (χ4n) is 3.27. The number of rotatable bonds is 5. The predicted octanol–water partition coefficient (Wildman–Crippen LogP) is -0.255. The van der Waals surface area contributed by atoms with E-state index in [9.17, 15) is 20.0 Å². The van der Waals surface area contributed by atoms with Gasteiger partial charge in [-0.1, -0.05) is 0 Å². The van der Waals surface area contributed by atoms with Gasteiger partial charge in [0.2, 0.25) is 0 Å². The van der Waals surface area contributed by atoms with Crippen molar-refractivity contribution in [3.8, 4) is 6.07 Å². The van der Waals surface area contributed by atoms with Gasteiger partial charge in [-0.3, -0.25) is 14.8 Å². The van der Waals surface area contributed by atoms with Gasteiger partial charge in [-0.15, -0.1) is 0 Å². The molecule has 10 nitrogen and oxygen atoms in total. The number of anilines is 1. The second-order valence-electron chi connectivity index (χ2n) is 6.60. The van der Waals surface area contributed by atoms with Gasteiger partial charge in [0.05, 0.1) is 37.6 Å². The van der Waals surface area contributed by atoms with Gasteiger partial charge in [-0.05, 0) is 19.1 Å². The summed E-state index contributed by atoms with van der Waals surface area (Å²) >= 11 is 0. The Morgan fingerprint density at radius 2 is 2.10 bits per heavy atom. The molecule has 29 heavy (non-hydrogen) atoms. The van der Waals surface area contributed by atoms with E-state index < -0.39 is 30.6 Å². The summed E-state index contributed by atoms with van der Waals surface area (Å²) in [6, 6.07) is 4.38. The first-order valence-electron chi connectivity index (χ1n) is 9.01. The predicted molar refractivity (Wildman–Crippen MR) is 102 cm³/mol. The highest BCUT2D eigenvalue weighted by atomic mass is 16.5. The van der Waals surface area contributed by atoms with E-state index in [1.54, 1.807) is 18.3 Å². The van der Waals surface area contributed by atoms with Crippen molar-refractivity contribution in [3.63, 3.8) is 0 Å². The molecular weight excluding hydrogens is 378 g/mol. The first-order valence-corrected chi connectivity index (χ1v) is 9.01. The van der Waals surface area contributed by atoms with Crippen LogP contribution >= 0.6 is 0 Å². The smallest absolute Gasteiger partial charge is 0.330 e. The van der Waals surface area contributed by atoms with E-state index in [1.807, 2.05) is 11.8 Å². The van der Waals surface area contributed by atoms with Crippen LogP contribution in [0.1, 0.15) is 12.5 Å². The zero-order chi connectivity index (χ0) is 21.0. The lowest BCUT2D eigenvalue weighted by molar-refractivity contribution is -0.149. The second kappa shape index (κ2) is 8.81. The number of hydrogen-bond acceptors (Lipinski definition) is 9. The number of aromatic nitrogens is 2. The second-order valence-corrected chi connectivity index (χ2v) is 6.60. The number of ether oxygens (including phenoxy) is 2. The number of amides is 1. The minimum Gasteiger partial charge on any atom is -0.467 e. The monoisotopic (exact) mass is 399 g/mol. The van der Waals surface area contributed by atoms with Gasteiger partial charge in [0.1, 0.15) is 17.1 Å². The number of aliphatic hydroxyl groups is 1. The van der Waals surface area contributed by atoms with E-state index in [2.05, 4.69) is 26.1 Å². The van der Waals surface area contributed by atoms with Crippen LogP contribution < -0.4 is 10.2 Å². The van der Waals surface area contributed by atoms with Crippen LogP contribution in [0.2, 0.25) is 0 Å². The summed E-state index contributed by atoms with van der Waals surface area (Å²) < 4.78 is 10.3. The molecule has 1 saturated heterocycles. The SMILES string of the molecule is COC(=O)C(CO)NC(=O)[C@H]1CN(c2ccc(C#N)c3nccnc23)C[C@@H](C)O1. The number of nitriles is 1. The molecule has 1 fully saturated rings. The third-order valence-corrected chi connectivity index (χ3v) is 4.60. The first kappa shape index (κ1) is 20.4. The third-order valence-electron chi connectivity index (χ3n) is 4.60. The van der Waals surface area contributed by atoms with Gasteiger partial charge in [-0.25, -0.2) is 4.79 Å². The van der Waals surface area contributed by atoms with E-state index in [0.29, 0.717) is 23.1 Å². The Labute approximate surface area is 167 Å². The molecule has 0 spiro atoms. The van der Waals surface area contributed by atoms with Crippen molar-refractivity contribution >= 4 is 28.6 Å². The van der Waals surface area contributed by atoms with Crippen LogP contribution in [-0.4, -0.2) is 72.0 Å². The van der Waals surface area contributed by atoms with E-state index in [-0.39, 0.29) is 12.6 Å². The standard InChI is InChI=1S/C19H21N5O5/c1-11-8-24(9-15(29-11)18(26)23-13(10-25)19(27)28-2)14-4-3-12(7-20)16-17(14)22-6-5-21-16/h3-6,11,13,15,25H,8-10H2,1-2H3,(H,23,26)/t11-,13?,15-/m1/s1. The van der Waals surface area contributed by atoms with Crippen LogP contribution in [0.4, 0.5) is 5.69 Å². The largest absolute Gasteiger partial charge is 0.467 e. The van der Waals surface area contributed by atoms with Crippen molar-refractivity contribution < 1.29 is 24.2 Å². The van der Waals surface area contributed by atoms with E-state index in [4.69, 9.17) is 4.74 Å². The lowest BCUT2D eigenvalue weighted by atomic mass is 10.1. The highest BCUT2D eigenvalue weighted by Gasteiger charge is 2.33. The molecule has 1 aliphatic rings. The topological polar surface area (TPSA) is 138 Å². The Kier molecular flexibility index (Phi) is 6.21. The van der Waals surface area contributed by atoms with Crippen LogP contribution in [0.5, 0.6) is 0 Å². The number of nitrogens with zero attached hydrogens (tertiary/aromatic N) is 4. The number of carbonyl (C=O) groups excluding carboxylic acids is 2. The Hall–Kier alpha value is -3.29. The van der Waals surface area contributed by atoms with Crippen LogP contribution in [0, 0.1) is 11.3 Å². The zero-order valence-electron chi connectivity index (χ0n) is 16.0. The summed E-state index contributed by atoms with van der Waals surface area (Å²) in [5, 5.41) is 21.1. The molecule has 0 radical (unpaired) electrons. The maximum absolute atomic E-state index is 12.6. The van der Waals surface area contributed by atoms with E-state index >= 15 is 0 Å². The van der Waals surface area contributed by atoms with Crippen molar-refractivity contribution in [2.45, 2.75) is 25.2 Å². The molecule has 2 aromatic rings. The molecule has 0 bridgehead atoms. The molecule has 1 aromatic heterocycles. The van der Waals surface area contributed by atoms with Crippen molar-refractivity contribution in [1.82, 2.24) is 15.3 Å². The van der Waals surface area contributed by atoms with Gasteiger partial charge >= 0.3 is 5.97 Å². The number of benzene rings is 1. The van der Waals surface area contributed by atoms with Crippen molar-refractivity contribution in [2.24, 2.45) is 0 Å². The summed E-state index contributed by atoms with van der Waals surface area (Å²) in [5.41, 5.74) is 2.18. The highest BCUT2D eigenvalue weighted by Crippen LogP contribution is 2.28. The molecular formula is C19H21N5O5. The molecule has 2 heterocycles. The number of esters is 1. The maximum Gasteiger partial charge on any atom is 0.330 e. The number of morpholine rings is 1. The van der Waals surface area contributed by atoms with E-state index in [0.717, 1.165) is 5.69 Å². The van der Waals surface area contributed by atoms with Gasteiger partial charge in [0.15, 0.2) is 12.1 Å². The summed E-state index contributed by atoms with van der Waals surface area (Å²) in [5.74, 6) is -1.27. The molecule has 0 saturated carbocycles. The van der Waals surface area contributed by atoms with Crippen molar-refractivity contribution in [2.75, 3.05) is 31.7 Å². The van der Waals surface area contributed by atoms with Crippen LogP contribution in [0.15, 0.2) is 24.5 Å². The molecule has 3 rings (SSSR count). The van der Waals surface area contributed by atoms with Gasteiger partial charge in [0.25, 0.3) is 5.91 Å². The quantitative estimate of drug-likeness (QED) is 0.652. The number of hydrogen-bond donors (Lipinski definition) is 2. The number of carbonyl (C=O) groups is 2. The number of aliphatic hydroxyl groups excluding tert-OH is 1. The van der Waals surface area contributed by atoms with Crippen LogP contribution in [0.25, 0.3) is 11.0 Å². The average molecular weight is 399 g/mol. The molecule has 1 aliphatic heterocycles. The summed E-state index contributed by atoms with van der Waals surface area (Å²) in [7, 11) is 1.18. The minimum absolute atomic E-state index is 0.201. The Bertz CT molecular complexity index is 960. The van der Waals surface area contributed by atoms with Crippen LogP contribution in [0.3, 0.4) is 0 Å². The van der Waals surface area contributed by atoms with Gasteiger partial charge in [0, 0.05) is 18.9 Å². The van der Waals surface area contributed by atoms with Crippen LogP contribution in [-0.2, 0) is 19.1 Å². The Balaban J connectivity index is 1.86. The lowest BCUT2D eigenvalue weighted by Gasteiger charge is -2.38. The van der Waals surface area contributed by atoms with Gasteiger partial charge < -0.3 is 24.8 Å². The molecule has 3 atom stereocenters. The summed E-state index contributed by atoms with van der Waals surface area (Å²) in [6.07, 6.45) is 1.91. The molecule has 2 N–H and O–H groups in total. The van der Waals surface area contributed by atoms with Crippen molar-refractivity contribution in [3.05, 3.63) is 30.1 Å². The lowest BCUT2D eigenvalue weighted by Crippen LogP contribution is -2.56. The fourth-order valence-corrected chi connectivity index (χ4v) is 3.27. The molecule has 1 unspecified atom stereocenters. The molecule has 1 aromatic carbocycles. The van der Waals surface area contributed by atoms with E-state index in [1.165, 1.54) is 13.3 Å². The molecule has 152 valence electrons. The number of methoxy groups -OCH3 is 1. The maximum atomic E-state index is 12.6. The molecule has 10 heteroatoms. The summed E-state index contributed by atoms with van der Waals surface area (Å²) in [6.45, 7) is 1.95. The molecule has 1 amide bonds. The number of fused-ring (bicyclic) bond motifs is 1. The highest BCUT2D eigenvalue weighted by molar-refractivity contribution is 5.93. The Morgan fingerprint density at radius 3 is 2.76 bits per heavy atom.